The van der Waals surface area contributed by atoms with Crippen LogP contribution in [-0.2, 0) is 11.2 Å². The second-order valence-corrected chi connectivity index (χ2v) is 6.89. The van der Waals surface area contributed by atoms with Crippen LogP contribution in [0.3, 0.4) is 0 Å². The first-order valence-electron chi connectivity index (χ1n) is 7.84. The molecule has 0 heterocycles. The van der Waals surface area contributed by atoms with Crippen molar-refractivity contribution in [2.75, 3.05) is 0 Å². The number of benzene rings is 1. The van der Waals surface area contributed by atoms with Crippen LogP contribution >= 0.6 is 0 Å². The Labute approximate surface area is 123 Å². The molecule has 0 radical (unpaired) electrons. The third-order valence-corrected chi connectivity index (χ3v) is 4.53. The molecule has 0 bridgehead atoms. The summed E-state index contributed by atoms with van der Waals surface area (Å²) in [5.41, 5.74) is 0.878. The SMILES string of the molecule is CC1CCCCC1NC(=O)C(C)(C)Cc1ccccc1. The van der Waals surface area contributed by atoms with Crippen LogP contribution in [0.15, 0.2) is 30.3 Å². The van der Waals surface area contributed by atoms with E-state index in [0.29, 0.717) is 12.0 Å². The second kappa shape index (κ2) is 6.43. The summed E-state index contributed by atoms with van der Waals surface area (Å²) in [6.45, 7) is 6.35. The van der Waals surface area contributed by atoms with E-state index in [1.165, 1.54) is 24.8 Å². The maximum absolute atomic E-state index is 12.6. The van der Waals surface area contributed by atoms with Gasteiger partial charge in [0.2, 0.25) is 5.91 Å². The van der Waals surface area contributed by atoms with E-state index < -0.39 is 0 Å². The molecule has 0 aliphatic heterocycles. The number of carbonyl (C=O) groups is 1. The molecule has 2 nitrogen and oxygen atoms in total. The predicted octanol–water partition coefficient (Wildman–Crippen LogP) is 3.95. The van der Waals surface area contributed by atoms with Crippen LogP contribution in [0.4, 0.5) is 0 Å². The van der Waals surface area contributed by atoms with E-state index in [-0.39, 0.29) is 11.3 Å². The first kappa shape index (κ1) is 15.1. The molecule has 0 aromatic heterocycles. The van der Waals surface area contributed by atoms with E-state index in [1.807, 2.05) is 32.0 Å². The Morgan fingerprint density at radius 3 is 2.50 bits per heavy atom. The molecule has 20 heavy (non-hydrogen) atoms. The van der Waals surface area contributed by atoms with Gasteiger partial charge in [-0.25, -0.2) is 0 Å². The van der Waals surface area contributed by atoms with Gasteiger partial charge in [-0.3, -0.25) is 4.79 Å². The second-order valence-electron chi connectivity index (χ2n) is 6.89. The van der Waals surface area contributed by atoms with Crippen LogP contribution in [0.2, 0.25) is 0 Å². The molecule has 2 heteroatoms. The number of rotatable bonds is 4. The Bertz CT molecular complexity index is 438. The van der Waals surface area contributed by atoms with Crippen LogP contribution in [0, 0.1) is 11.3 Å². The highest BCUT2D eigenvalue weighted by atomic mass is 16.2. The fraction of sp³-hybridized carbons (Fsp3) is 0.611. The third-order valence-electron chi connectivity index (χ3n) is 4.53. The number of carbonyl (C=O) groups excluding carboxylic acids is 1. The zero-order chi connectivity index (χ0) is 14.6. The van der Waals surface area contributed by atoms with Crippen molar-refractivity contribution in [3.63, 3.8) is 0 Å². The molecule has 1 aliphatic carbocycles. The first-order chi connectivity index (χ1) is 9.49. The van der Waals surface area contributed by atoms with E-state index in [9.17, 15) is 4.79 Å². The first-order valence-corrected chi connectivity index (χ1v) is 7.84. The Balaban J connectivity index is 1.96. The lowest BCUT2D eigenvalue weighted by atomic mass is 9.82. The average Bonchev–Trinajstić information content (AvgIpc) is 2.42. The number of hydrogen-bond acceptors (Lipinski definition) is 1. The third kappa shape index (κ3) is 3.84. The van der Waals surface area contributed by atoms with Gasteiger partial charge in [0.1, 0.15) is 0 Å². The van der Waals surface area contributed by atoms with Gasteiger partial charge in [-0.15, -0.1) is 0 Å². The molecule has 1 fully saturated rings. The maximum Gasteiger partial charge on any atom is 0.226 e. The normalized spacial score (nSPS) is 23.4. The Kier molecular flexibility index (Phi) is 4.85. The quantitative estimate of drug-likeness (QED) is 0.884. The summed E-state index contributed by atoms with van der Waals surface area (Å²) in [6.07, 6.45) is 5.72. The molecule has 0 saturated heterocycles. The van der Waals surface area contributed by atoms with E-state index in [4.69, 9.17) is 0 Å². The molecular weight excluding hydrogens is 246 g/mol. The Hall–Kier alpha value is -1.31. The van der Waals surface area contributed by atoms with E-state index in [2.05, 4.69) is 24.4 Å². The standard InChI is InChI=1S/C18H27NO/c1-14-9-7-8-12-16(14)19-17(20)18(2,3)13-15-10-5-4-6-11-15/h4-6,10-11,14,16H,7-9,12-13H2,1-3H3,(H,19,20). The Morgan fingerprint density at radius 1 is 1.20 bits per heavy atom. The van der Waals surface area contributed by atoms with Gasteiger partial charge in [0, 0.05) is 11.5 Å². The smallest absolute Gasteiger partial charge is 0.226 e. The topological polar surface area (TPSA) is 29.1 Å². The summed E-state index contributed by atoms with van der Waals surface area (Å²) in [5, 5.41) is 3.29. The van der Waals surface area contributed by atoms with Crippen LogP contribution in [0.25, 0.3) is 0 Å². The molecule has 1 N–H and O–H groups in total. The van der Waals surface area contributed by atoms with Gasteiger partial charge < -0.3 is 5.32 Å². The molecular formula is C18H27NO. The van der Waals surface area contributed by atoms with Crippen molar-refractivity contribution in [2.45, 2.75) is 58.9 Å². The van der Waals surface area contributed by atoms with Crippen molar-refractivity contribution in [1.29, 1.82) is 0 Å². The molecule has 1 saturated carbocycles. The summed E-state index contributed by atoms with van der Waals surface area (Å²) in [7, 11) is 0. The fourth-order valence-electron chi connectivity index (χ4n) is 3.08. The largest absolute Gasteiger partial charge is 0.353 e. The molecule has 1 aliphatic rings. The van der Waals surface area contributed by atoms with Gasteiger partial charge in [0.25, 0.3) is 0 Å². The van der Waals surface area contributed by atoms with Gasteiger partial charge in [-0.05, 0) is 30.7 Å². The minimum Gasteiger partial charge on any atom is -0.353 e. The highest BCUT2D eigenvalue weighted by Crippen LogP contribution is 2.27. The van der Waals surface area contributed by atoms with Crippen molar-refractivity contribution in [3.05, 3.63) is 35.9 Å². The highest BCUT2D eigenvalue weighted by Gasteiger charge is 2.31. The van der Waals surface area contributed by atoms with Crippen LogP contribution < -0.4 is 5.32 Å². The molecule has 110 valence electrons. The number of nitrogens with one attached hydrogen (secondary N) is 1. The molecule has 2 unspecified atom stereocenters. The van der Waals surface area contributed by atoms with Crippen molar-refractivity contribution in [2.24, 2.45) is 11.3 Å². The minimum absolute atomic E-state index is 0.195. The highest BCUT2D eigenvalue weighted by molar-refractivity contribution is 5.82. The van der Waals surface area contributed by atoms with Crippen LogP contribution in [-0.4, -0.2) is 11.9 Å². The van der Waals surface area contributed by atoms with Crippen molar-refractivity contribution >= 4 is 5.91 Å². The molecule has 1 aromatic carbocycles. The average molecular weight is 273 g/mol. The lowest BCUT2D eigenvalue weighted by Gasteiger charge is -2.33. The van der Waals surface area contributed by atoms with Crippen molar-refractivity contribution < 1.29 is 4.79 Å². The lowest BCUT2D eigenvalue weighted by molar-refractivity contribution is -0.130. The molecule has 2 rings (SSSR count). The van der Waals surface area contributed by atoms with E-state index >= 15 is 0 Å². The fourth-order valence-corrected chi connectivity index (χ4v) is 3.08. The summed E-state index contributed by atoms with van der Waals surface area (Å²) >= 11 is 0. The van der Waals surface area contributed by atoms with Crippen LogP contribution in [0.1, 0.15) is 52.0 Å². The summed E-state index contributed by atoms with van der Waals surface area (Å²) in [6, 6.07) is 10.6. The van der Waals surface area contributed by atoms with Crippen molar-refractivity contribution in [1.82, 2.24) is 5.32 Å². The summed E-state index contributed by atoms with van der Waals surface area (Å²) in [4.78, 5) is 12.6. The van der Waals surface area contributed by atoms with E-state index in [1.54, 1.807) is 0 Å². The summed E-state index contributed by atoms with van der Waals surface area (Å²) < 4.78 is 0. The zero-order valence-electron chi connectivity index (χ0n) is 13.0. The number of hydrogen-bond donors (Lipinski definition) is 1. The van der Waals surface area contributed by atoms with Crippen LogP contribution in [0.5, 0.6) is 0 Å². The predicted molar refractivity (Wildman–Crippen MR) is 83.5 cm³/mol. The molecule has 2 atom stereocenters. The molecule has 1 amide bonds. The van der Waals surface area contributed by atoms with Gasteiger partial charge in [0.05, 0.1) is 0 Å². The zero-order valence-corrected chi connectivity index (χ0v) is 13.0. The van der Waals surface area contributed by atoms with Gasteiger partial charge >= 0.3 is 0 Å². The van der Waals surface area contributed by atoms with Gasteiger partial charge in [0.15, 0.2) is 0 Å². The monoisotopic (exact) mass is 273 g/mol. The van der Waals surface area contributed by atoms with Gasteiger partial charge in [-0.2, -0.15) is 0 Å². The minimum atomic E-state index is -0.349. The van der Waals surface area contributed by atoms with Gasteiger partial charge in [-0.1, -0.05) is 63.9 Å². The molecule has 0 spiro atoms. The van der Waals surface area contributed by atoms with E-state index in [0.717, 1.165) is 12.8 Å². The summed E-state index contributed by atoms with van der Waals surface area (Å²) in [5.74, 6) is 0.806. The molecule has 1 aromatic rings. The maximum atomic E-state index is 12.6. The van der Waals surface area contributed by atoms with Crippen molar-refractivity contribution in [3.8, 4) is 0 Å². The lowest BCUT2D eigenvalue weighted by Crippen LogP contribution is -2.47. The number of amides is 1. The Morgan fingerprint density at radius 2 is 1.85 bits per heavy atom.